The van der Waals surface area contributed by atoms with Crippen molar-refractivity contribution in [2.75, 3.05) is 20.1 Å². The Morgan fingerprint density at radius 1 is 0.967 bits per heavy atom. The Kier molecular flexibility index (Phi) is 6.62. The molecule has 0 N–H and O–H groups in total. The van der Waals surface area contributed by atoms with E-state index in [1.807, 2.05) is 24.1 Å². The fourth-order valence-corrected chi connectivity index (χ4v) is 4.97. The van der Waals surface area contributed by atoms with Crippen molar-refractivity contribution < 1.29 is 9.53 Å². The summed E-state index contributed by atoms with van der Waals surface area (Å²) in [6, 6.07) is 13.3. The lowest BCUT2D eigenvalue weighted by Gasteiger charge is -2.34. The van der Waals surface area contributed by atoms with Crippen LogP contribution in [0.5, 0.6) is 5.75 Å². The number of amides is 1. The second kappa shape index (κ2) is 9.38. The van der Waals surface area contributed by atoms with Crippen LogP contribution in [0, 0.1) is 0 Å². The minimum absolute atomic E-state index is 0.140. The van der Waals surface area contributed by atoms with Gasteiger partial charge in [0.2, 0.25) is 0 Å². The number of carbonyl (C=O) groups is 1. The van der Waals surface area contributed by atoms with Gasteiger partial charge in [-0.05, 0) is 74.6 Å². The van der Waals surface area contributed by atoms with Crippen molar-refractivity contribution >= 4 is 16.7 Å². The average molecular weight is 409 g/mol. The molecule has 0 spiro atoms. The Hall–Kier alpha value is -2.07. The van der Waals surface area contributed by atoms with Crippen molar-refractivity contribution in [3.63, 3.8) is 0 Å². The first kappa shape index (κ1) is 21.2. The summed E-state index contributed by atoms with van der Waals surface area (Å²) < 4.78 is 6.28. The predicted molar refractivity (Wildman–Crippen MR) is 123 cm³/mol. The molecule has 1 saturated carbocycles. The molecule has 2 aromatic rings. The van der Waals surface area contributed by atoms with Gasteiger partial charge in [0, 0.05) is 37.8 Å². The number of ether oxygens (including phenoxy) is 1. The fourth-order valence-electron chi connectivity index (χ4n) is 4.97. The van der Waals surface area contributed by atoms with E-state index in [-0.39, 0.29) is 5.91 Å². The van der Waals surface area contributed by atoms with Crippen molar-refractivity contribution in [3.05, 3.63) is 42.0 Å². The van der Waals surface area contributed by atoms with Gasteiger partial charge in [-0.3, -0.25) is 4.79 Å². The maximum absolute atomic E-state index is 13.0. The van der Waals surface area contributed by atoms with Crippen LogP contribution in [0.3, 0.4) is 0 Å². The molecule has 4 nitrogen and oxygen atoms in total. The Balaban J connectivity index is 1.42. The number of hydrogen-bond acceptors (Lipinski definition) is 3. The lowest BCUT2D eigenvalue weighted by molar-refractivity contribution is 0.0696. The molecule has 2 aromatic carbocycles. The molecule has 162 valence electrons. The summed E-state index contributed by atoms with van der Waals surface area (Å²) in [7, 11) is 1.96. The SMILES string of the molecule is CC(C)N1CCC(Oc2ccc3cc(C(=O)N(C)C4CCCCC4)ccc3c2)CC1. The van der Waals surface area contributed by atoms with E-state index < -0.39 is 0 Å². The number of benzene rings is 2. The average Bonchev–Trinajstić information content (AvgIpc) is 2.78. The molecule has 1 heterocycles. The van der Waals surface area contributed by atoms with Gasteiger partial charge in [0.25, 0.3) is 5.91 Å². The molecule has 0 bridgehead atoms. The molecule has 0 atom stereocenters. The molecule has 0 aromatic heterocycles. The highest BCUT2D eigenvalue weighted by atomic mass is 16.5. The summed E-state index contributed by atoms with van der Waals surface area (Å²) >= 11 is 0. The van der Waals surface area contributed by atoms with Gasteiger partial charge in [0.1, 0.15) is 11.9 Å². The number of hydrogen-bond donors (Lipinski definition) is 0. The van der Waals surface area contributed by atoms with Gasteiger partial charge in [-0.2, -0.15) is 0 Å². The zero-order valence-corrected chi connectivity index (χ0v) is 18.8. The number of piperidine rings is 1. The Labute approximate surface area is 181 Å². The summed E-state index contributed by atoms with van der Waals surface area (Å²) in [5.41, 5.74) is 0.783. The molecular weight excluding hydrogens is 372 g/mol. The van der Waals surface area contributed by atoms with Gasteiger partial charge >= 0.3 is 0 Å². The number of nitrogens with zero attached hydrogens (tertiary/aromatic N) is 2. The molecule has 4 heteroatoms. The van der Waals surface area contributed by atoms with Crippen LogP contribution in [0.4, 0.5) is 0 Å². The van der Waals surface area contributed by atoms with Crippen LogP contribution in [0.2, 0.25) is 0 Å². The largest absolute Gasteiger partial charge is 0.490 e. The van der Waals surface area contributed by atoms with E-state index in [0.717, 1.165) is 60.9 Å². The van der Waals surface area contributed by atoms with Gasteiger partial charge in [0.05, 0.1) is 0 Å². The summed E-state index contributed by atoms with van der Waals surface area (Å²) in [6.45, 7) is 6.73. The standard InChI is InChI=1S/C26H36N2O2/c1-19(2)28-15-13-24(14-16-28)30-25-12-11-20-17-22(10-9-21(20)18-25)26(29)27(3)23-7-5-4-6-8-23/h9-12,17-19,23-24H,4-8,13-16H2,1-3H3. The van der Waals surface area contributed by atoms with Crippen LogP contribution >= 0.6 is 0 Å². The van der Waals surface area contributed by atoms with E-state index in [2.05, 4.69) is 43.0 Å². The topological polar surface area (TPSA) is 32.8 Å². The second-order valence-electron chi connectivity index (χ2n) is 9.38. The van der Waals surface area contributed by atoms with E-state index in [9.17, 15) is 4.79 Å². The fraction of sp³-hybridized carbons (Fsp3) is 0.577. The smallest absolute Gasteiger partial charge is 0.253 e. The summed E-state index contributed by atoms with van der Waals surface area (Å²) in [6.07, 6.45) is 8.49. The molecule has 0 unspecified atom stereocenters. The molecule has 4 rings (SSSR count). The Bertz CT molecular complexity index is 864. The van der Waals surface area contributed by atoms with Gasteiger partial charge in [-0.1, -0.05) is 31.4 Å². The summed E-state index contributed by atoms with van der Waals surface area (Å²) in [5, 5.41) is 2.23. The zero-order valence-electron chi connectivity index (χ0n) is 18.8. The van der Waals surface area contributed by atoms with Crippen LogP contribution in [0.25, 0.3) is 10.8 Å². The van der Waals surface area contributed by atoms with Crippen molar-refractivity contribution in [3.8, 4) is 5.75 Å². The van der Waals surface area contributed by atoms with Crippen LogP contribution in [-0.4, -0.2) is 54.0 Å². The second-order valence-corrected chi connectivity index (χ2v) is 9.38. The van der Waals surface area contributed by atoms with Gasteiger partial charge in [-0.25, -0.2) is 0 Å². The number of carbonyl (C=O) groups excluding carboxylic acids is 1. The highest BCUT2D eigenvalue weighted by molar-refractivity contribution is 5.98. The third-order valence-corrected chi connectivity index (χ3v) is 7.01. The van der Waals surface area contributed by atoms with Crippen LogP contribution < -0.4 is 4.74 Å². The van der Waals surface area contributed by atoms with Crippen LogP contribution in [-0.2, 0) is 0 Å². The van der Waals surface area contributed by atoms with Crippen molar-refractivity contribution in [2.24, 2.45) is 0 Å². The lowest BCUT2D eigenvalue weighted by atomic mass is 9.94. The quantitative estimate of drug-likeness (QED) is 0.655. The van der Waals surface area contributed by atoms with Crippen molar-refractivity contribution in [1.82, 2.24) is 9.80 Å². The number of likely N-dealkylation sites (tertiary alicyclic amines) is 1. The number of rotatable bonds is 5. The molecule has 2 fully saturated rings. The summed E-state index contributed by atoms with van der Waals surface area (Å²) in [4.78, 5) is 17.5. The molecule has 2 aliphatic rings. The Morgan fingerprint density at radius 3 is 2.33 bits per heavy atom. The van der Waals surface area contributed by atoms with Crippen molar-refractivity contribution in [2.45, 2.75) is 77.0 Å². The van der Waals surface area contributed by atoms with E-state index >= 15 is 0 Å². The maximum atomic E-state index is 13.0. The van der Waals surface area contributed by atoms with Gasteiger partial charge in [-0.15, -0.1) is 0 Å². The Morgan fingerprint density at radius 2 is 1.63 bits per heavy atom. The van der Waals surface area contributed by atoms with E-state index in [4.69, 9.17) is 4.74 Å². The third kappa shape index (κ3) is 4.80. The maximum Gasteiger partial charge on any atom is 0.253 e. The molecular formula is C26H36N2O2. The molecule has 1 aliphatic carbocycles. The molecule has 30 heavy (non-hydrogen) atoms. The highest BCUT2D eigenvalue weighted by Gasteiger charge is 2.24. The van der Waals surface area contributed by atoms with Gasteiger partial charge in [0.15, 0.2) is 0 Å². The van der Waals surface area contributed by atoms with Crippen LogP contribution in [0.15, 0.2) is 36.4 Å². The molecule has 1 aliphatic heterocycles. The first-order valence-corrected chi connectivity index (χ1v) is 11.7. The minimum Gasteiger partial charge on any atom is -0.490 e. The first-order chi connectivity index (χ1) is 14.5. The molecule has 0 radical (unpaired) electrons. The van der Waals surface area contributed by atoms with E-state index in [1.165, 1.54) is 19.3 Å². The van der Waals surface area contributed by atoms with E-state index in [0.29, 0.717) is 18.2 Å². The summed E-state index contributed by atoms with van der Waals surface area (Å²) in [5.74, 6) is 1.07. The first-order valence-electron chi connectivity index (χ1n) is 11.7. The highest BCUT2D eigenvalue weighted by Crippen LogP contribution is 2.27. The van der Waals surface area contributed by atoms with Crippen LogP contribution in [0.1, 0.15) is 69.2 Å². The third-order valence-electron chi connectivity index (χ3n) is 7.01. The number of fused-ring (bicyclic) bond motifs is 1. The van der Waals surface area contributed by atoms with Crippen molar-refractivity contribution in [1.29, 1.82) is 0 Å². The normalized spacial score (nSPS) is 19.3. The van der Waals surface area contributed by atoms with Gasteiger partial charge < -0.3 is 14.5 Å². The molecule has 1 amide bonds. The minimum atomic E-state index is 0.140. The lowest BCUT2D eigenvalue weighted by Crippen LogP contribution is -2.41. The molecule has 1 saturated heterocycles. The zero-order chi connectivity index (χ0) is 21.1. The van der Waals surface area contributed by atoms with E-state index in [1.54, 1.807) is 0 Å². The predicted octanol–water partition coefficient (Wildman–Crippen LogP) is 5.50. The monoisotopic (exact) mass is 408 g/mol.